The fourth-order valence-corrected chi connectivity index (χ4v) is 1.68. The third-order valence-corrected chi connectivity index (χ3v) is 3.00. The summed E-state index contributed by atoms with van der Waals surface area (Å²) in [5, 5.41) is 0. The van der Waals surface area contributed by atoms with Gasteiger partial charge in [0, 0.05) is 19.2 Å². The van der Waals surface area contributed by atoms with E-state index < -0.39 is 0 Å². The van der Waals surface area contributed by atoms with Gasteiger partial charge in [-0.25, -0.2) is 0 Å². The molecule has 0 radical (unpaired) electrons. The summed E-state index contributed by atoms with van der Waals surface area (Å²) in [5.41, 5.74) is 6.68. The minimum absolute atomic E-state index is 0.608. The van der Waals surface area contributed by atoms with Crippen molar-refractivity contribution in [3.8, 4) is 5.88 Å². The quantitative estimate of drug-likeness (QED) is 0.826. The standard InChI is InChI=1S/C13H23N3O/c1-5-10(3)9-16(6-2)13-11(14)7-8-12(15-13)17-4/h7-8,10H,5-6,9,14H2,1-4H3. The van der Waals surface area contributed by atoms with Crippen molar-refractivity contribution in [2.75, 3.05) is 30.8 Å². The molecule has 96 valence electrons. The number of pyridine rings is 1. The van der Waals surface area contributed by atoms with Gasteiger partial charge in [-0.1, -0.05) is 20.3 Å². The highest BCUT2D eigenvalue weighted by Gasteiger charge is 2.13. The predicted octanol–water partition coefficient (Wildman–Crippen LogP) is 2.54. The molecule has 1 heterocycles. The third kappa shape index (κ3) is 3.51. The lowest BCUT2D eigenvalue weighted by molar-refractivity contribution is 0.397. The van der Waals surface area contributed by atoms with Gasteiger partial charge in [0.25, 0.3) is 0 Å². The fourth-order valence-electron chi connectivity index (χ4n) is 1.68. The molecule has 0 aliphatic rings. The van der Waals surface area contributed by atoms with Crippen molar-refractivity contribution in [2.45, 2.75) is 27.2 Å². The highest BCUT2D eigenvalue weighted by molar-refractivity contribution is 5.63. The molecule has 0 bridgehead atoms. The molecule has 1 rings (SSSR count). The highest BCUT2D eigenvalue weighted by Crippen LogP contribution is 2.24. The largest absolute Gasteiger partial charge is 0.481 e. The maximum atomic E-state index is 5.98. The van der Waals surface area contributed by atoms with E-state index in [9.17, 15) is 0 Å². The van der Waals surface area contributed by atoms with Gasteiger partial charge in [-0.15, -0.1) is 0 Å². The molecule has 0 amide bonds. The molecule has 0 fully saturated rings. The topological polar surface area (TPSA) is 51.4 Å². The lowest BCUT2D eigenvalue weighted by atomic mass is 10.1. The van der Waals surface area contributed by atoms with Crippen LogP contribution in [0.1, 0.15) is 27.2 Å². The Kier molecular flexibility index (Phi) is 5.07. The number of nitrogens with two attached hydrogens (primary N) is 1. The van der Waals surface area contributed by atoms with Crippen LogP contribution in [0.5, 0.6) is 5.88 Å². The van der Waals surface area contributed by atoms with E-state index in [4.69, 9.17) is 10.5 Å². The number of ether oxygens (including phenoxy) is 1. The van der Waals surface area contributed by atoms with Crippen LogP contribution in [-0.4, -0.2) is 25.2 Å². The number of rotatable bonds is 6. The van der Waals surface area contributed by atoms with Crippen LogP contribution in [0.15, 0.2) is 12.1 Å². The summed E-state index contributed by atoms with van der Waals surface area (Å²) in [7, 11) is 1.62. The summed E-state index contributed by atoms with van der Waals surface area (Å²) in [5.74, 6) is 2.06. The smallest absolute Gasteiger partial charge is 0.215 e. The Morgan fingerprint density at radius 3 is 2.65 bits per heavy atom. The molecule has 4 heteroatoms. The number of hydrogen-bond donors (Lipinski definition) is 1. The maximum Gasteiger partial charge on any atom is 0.215 e. The van der Waals surface area contributed by atoms with Gasteiger partial charge < -0.3 is 15.4 Å². The number of nitrogen functional groups attached to an aromatic ring is 1. The van der Waals surface area contributed by atoms with Crippen LogP contribution in [0.3, 0.4) is 0 Å². The molecule has 0 aromatic carbocycles. The lowest BCUT2D eigenvalue weighted by Crippen LogP contribution is -2.29. The van der Waals surface area contributed by atoms with E-state index in [2.05, 4.69) is 30.7 Å². The van der Waals surface area contributed by atoms with Crippen LogP contribution < -0.4 is 15.4 Å². The number of nitrogens with zero attached hydrogens (tertiary/aromatic N) is 2. The van der Waals surface area contributed by atoms with Crippen LogP contribution >= 0.6 is 0 Å². The van der Waals surface area contributed by atoms with Crippen molar-refractivity contribution in [1.29, 1.82) is 0 Å². The van der Waals surface area contributed by atoms with E-state index >= 15 is 0 Å². The zero-order chi connectivity index (χ0) is 12.8. The minimum Gasteiger partial charge on any atom is -0.481 e. The first-order valence-corrected chi connectivity index (χ1v) is 6.17. The second kappa shape index (κ2) is 6.33. The predicted molar refractivity (Wildman–Crippen MR) is 72.5 cm³/mol. The van der Waals surface area contributed by atoms with Gasteiger partial charge in [0.05, 0.1) is 12.8 Å². The van der Waals surface area contributed by atoms with Gasteiger partial charge in [-0.05, 0) is 18.9 Å². The number of methoxy groups -OCH3 is 1. The van der Waals surface area contributed by atoms with Gasteiger partial charge >= 0.3 is 0 Å². The molecule has 0 spiro atoms. The van der Waals surface area contributed by atoms with E-state index in [1.165, 1.54) is 0 Å². The summed E-state index contributed by atoms with van der Waals surface area (Å²) >= 11 is 0. The molecular formula is C13H23N3O. The number of hydrogen-bond acceptors (Lipinski definition) is 4. The molecule has 2 N–H and O–H groups in total. The molecule has 1 atom stereocenters. The highest BCUT2D eigenvalue weighted by atomic mass is 16.5. The Hall–Kier alpha value is -1.45. The van der Waals surface area contributed by atoms with Gasteiger partial charge in [0.15, 0.2) is 5.82 Å². The average molecular weight is 237 g/mol. The van der Waals surface area contributed by atoms with Gasteiger partial charge in [0.2, 0.25) is 5.88 Å². The first kappa shape index (κ1) is 13.6. The monoisotopic (exact) mass is 237 g/mol. The molecule has 1 aromatic rings. The number of aromatic nitrogens is 1. The van der Waals surface area contributed by atoms with Crippen LogP contribution in [0.25, 0.3) is 0 Å². The second-order valence-electron chi connectivity index (χ2n) is 4.32. The molecule has 0 saturated carbocycles. The number of anilines is 2. The molecule has 0 aliphatic carbocycles. The van der Waals surface area contributed by atoms with Crippen LogP contribution in [0.4, 0.5) is 11.5 Å². The van der Waals surface area contributed by atoms with Crippen molar-refractivity contribution in [3.05, 3.63) is 12.1 Å². The van der Waals surface area contributed by atoms with Crippen molar-refractivity contribution in [3.63, 3.8) is 0 Å². The van der Waals surface area contributed by atoms with Gasteiger partial charge in [-0.3, -0.25) is 0 Å². The minimum atomic E-state index is 0.608. The van der Waals surface area contributed by atoms with E-state index in [-0.39, 0.29) is 0 Å². The molecule has 17 heavy (non-hydrogen) atoms. The zero-order valence-corrected chi connectivity index (χ0v) is 11.2. The van der Waals surface area contributed by atoms with E-state index in [0.29, 0.717) is 17.5 Å². The first-order chi connectivity index (χ1) is 8.12. The summed E-state index contributed by atoms with van der Waals surface area (Å²) in [6.45, 7) is 8.41. The molecule has 1 aromatic heterocycles. The summed E-state index contributed by atoms with van der Waals surface area (Å²) in [6.07, 6.45) is 1.15. The average Bonchev–Trinajstić information content (AvgIpc) is 2.36. The molecule has 1 unspecified atom stereocenters. The maximum absolute atomic E-state index is 5.98. The van der Waals surface area contributed by atoms with E-state index in [0.717, 1.165) is 25.3 Å². The zero-order valence-electron chi connectivity index (χ0n) is 11.2. The molecule has 0 saturated heterocycles. The summed E-state index contributed by atoms with van der Waals surface area (Å²) in [6, 6.07) is 3.64. The van der Waals surface area contributed by atoms with Gasteiger partial charge in [0.1, 0.15) is 0 Å². The van der Waals surface area contributed by atoms with Crippen LogP contribution in [0.2, 0.25) is 0 Å². The van der Waals surface area contributed by atoms with Crippen molar-refractivity contribution < 1.29 is 4.74 Å². The Morgan fingerprint density at radius 2 is 2.12 bits per heavy atom. The SMILES string of the molecule is CCC(C)CN(CC)c1nc(OC)ccc1N. The van der Waals surface area contributed by atoms with Crippen LogP contribution in [-0.2, 0) is 0 Å². The lowest BCUT2D eigenvalue weighted by Gasteiger charge is -2.26. The van der Waals surface area contributed by atoms with E-state index in [1.807, 2.05) is 6.07 Å². The van der Waals surface area contributed by atoms with Crippen molar-refractivity contribution in [2.24, 2.45) is 5.92 Å². The Bertz CT molecular complexity index is 355. The summed E-state index contributed by atoms with van der Waals surface area (Å²) in [4.78, 5) is 6.63. The second-order valence-corrected chi connectivity index (χ2v) is 4.32. The summed E-state index contributed by atoms with van der Waals surface area (Å²) < 4.78 is 5.14. The molecule has 4 nitrogen and oxygen atoms in total. The fraction of sp³-hybridized carbons (Fsp3) is 0.615. The third-order valence-electron chi connectivity index (χ3n) is 3.00. The van der Waals surface area contributed by atoms with Crippen molar-refractivity contribution >= 4 is 11.5 Å². The Balaban J connectivity index is 2.93. The Labute approximate surface area is 104 Å². The van der Waals surface area contributed by atoms with Crippen molar-refractivity contribution in [1.82, 2.24) is 4.98 Å². The van der Waals surface area contributed by atoms with Crippen LogP contribution in [0, 0.1) is 5.92 Å². The first-order valence-electron chi connectivity index (χ1n) is 6.17. The molecular weight excluding hydrogens is 214 g/mol. The Morgan fingerprint density at radius 1 is 1.41 bits per heavy atom. The van der Waals surface area contributed by atoms with E-state index in [1.54, 1.807) is 13.2 Å². The molecule has 0 aliphatic heterocycles. The van der Waals surface area contributed by atoms with Gasteiger partial charge in [-0.2, -0.15) is 4.98 Å². The normalized spacial score (nSPS) is 12.2.